The van der Waals surface area contributed by atoms with Gasteiger partial charge < -0.3 is 5.32 Å². The van der Waals surface area contributed by atoms with E-state index in [2.05, 4.69) is 47.8 Å². The molecule has 1 atom stereocenters. The van der Waals surface area contributed by atoms with Crippen molar-refractivity contribution in [2.45, 2.75) is 59.9 Å². The lowest BCUT2D eigenvalue weighted by molar-refractivity contribution is 0.417. The third-order valence-electron chi connectivity index (χ3n) is 4.10. The Kier molecular flexibility index (Phi) is 5.61. The molecule has 2 rings (SSSR count). The van der Waals surface area contributed by atoms with Crippen LogP contribution in [0.5, 0.6) is 0 Å². The Labute approximate surface area is 126 Å². The van der Waals surface area contributed by atoms with Gasteiger partial charge in [0.05, 0.1) is 11.4 Å². The molecule has 4 heteroatoms. The predicted molar refractivity (Wildman–Crippen MR) is 87.6 cm³/mol. The Hall–Kier alpha value is -0.870. The smallest absolute Gasteiger partial charge is 0.194 e. The van der Waals surface area contributed by atoms with Crippen LogP contribution in [0.2, 0.25) is 0 Å². The Morgan fingerprint density at radius 3 is 2.85 bits per heavy atom. The minimum Gasteiger partial charge on any atom is -0.311 e. The van der Waals surface area contributed by atoms with Gasteiger partial charge in [0.25, 0.3) is 0 Å². The lowest BCUT2D eigenvalue weighted by Gasteiger charge is -2.15. The van der Waals surface area contributed by atoms with Crippen molar-refractivity contribution in [3.8, 4) is 0 Å². The van der Waals surface area contributed by atoms with E-state index in [1.807, 2.05) is 0 Å². The fourth-order valence-corrected chi connectivity index (χ4v) is 3.64. The van der Waals surface area contributed by atoms with Gasteiger partial charge in [0, 0.05) is 17.6 Å². The van der Waals surface area contributed by atoms with Crippen molar-refractivity contribution in [3.63, 3.8) is 0 Å². The zero-order valence-electron chi connectivity index (χ0n) is 13.2. The SMILES string of the molecule is CCCCC(CC)CNCc1c(C)nc2scc(C)n12. The maximum Gasteiger partial charge on any atom is 0.194 e. The van der Waals surface area contributed by atoms with Crippen molar-refractivity contribution in [2.75, 3.05) is 6.54 Å². The van der Waals surface area contributed by atoms with Gasteiger partial charge in [0.15, 0.2) is 4.96 Å². The van der Waals surface area contributed by atoms with E-state index in [9.17, 15) is 0 Å². The fraction of sp³-hybridized carbons (Fsp3) is 0.688. The zero-order valence-corrected chi connectivity index (χ0v) is 14.0. The largest absolute Gasteiger partial charge is 0.311 e. The predicted octanol–water partition coefficient (Wildman–Crippen LogP) is 4.32. The molecule has 2 aromatic heterocycles. The number of thiazole rings is 1. The first kappa shape index (κ1) is 15.5. The first-order valence-corrected chi connectivity index (χ1v) is 8.68. The molecule has 112 valence electrons. The van der Waals surface area contributed by atoms with Crippen LogP contribution in [0.3, 0.4) is 0 Å². The van der Waals surface area contributed by atoms with Crippen LogP contribution in [0, 0.1) is 19.8 Å². The van der Waals surface area contributed by atoms with Gasteiger partial charge in [0.2, 0.25) is 0 Å². The van der Waals surface area contributed by atoms with E-state index in [1.165, 1.54) is 37.1 Å². The Morgan fingerprint density at radius 2 is 2.15 bits per heavy atom. The molecule has 0 aliphatic rings. The minimum atomic E-state index is 0.808. The normalized spacial score (nSPS) is 13.2. The molecule has 0 saturated heterocycles. The van der Waals surface area contributed by atoms with E-state index >= 15 is 0 Å². The molecule has 2 aromatic rings. The summed E-state index contributed by atoms with van der Waals surface area (Å²) in [7, 11) is 0. The molecule has 1 N–H and O–H groups in total. The van der Waals surface area contributed by atoms with Crippen molar-refractivity contribution in [2.24, 2.45) is 5.92 Å². The van der Waals surface area contributed by atoms with Crippen LogP contribution >= 0.6 is 11.3 Å². The molecule has 3 nitrogen and oxygen atoms in total. The van der Waals surface area contributed by atoms with Crippen LogP contribution in [0.1, 0.15) is 56.6 Å². The molecule has 0 radical (unpaired) electrons. The van der Waals surface area contributed by atoms with Crippen molar-refractivity contribution in [1.29, 1.82) is 0 Å². The average molecular weight is 293 g/mol. The summed E-state index contributed by atoms with van der Waals surface area (Å²) in [5.41, 5.74) is 3.78. The van der Waals surface area contributed by atoms with E-state index in [-0.39, 0.29) is 0 Å². The summed E-state index contributed by atoms with van der Waals surface area (Å²) in [4.78, 5) is 5.76. The van der Waals surface area contributed by atoms with Crippen molar-refractivity contribution in [3.05, 3.63) is 22.5 Å². The number of unbranched alkanes of at least 4 members (excludes halogenated alkanes) is 1. The fourth-order valence-electron chi connectivity index (χ4n) is 2.71. The highest BCUT2D eigenvalue weighted by Gasteiger charge is 2.12. The van der Waals surface area contributed by atoms with Gasteiger partial charge in [0.1, 0.15) is 0 Å². The molecule has 0 fully saturated rings. The number of hydrogen-bond donors (Lipinski definition) is 1. The average Bonchev–Trinajstić information content (AvgIpc) is 2.94. The van der Waals surface area contributed by atoms with Gasteiger partial charge >= 0.3 is 0 Å². The molecule has 0 aromatic carbocycles. The molecule has 1 unspecified atom stereocenters. The third kappa shape index (κ3) is 3.41. The summed E-state index contributed by atoms with van der Waals surface area (Å²) in [5.74, 6) is 0.808. The third-order valence-corrected chi connectivity index (χ3v) is 5.04. The summed E-state index contributed by atoms with van der Waals surface area (Å²) in [6, 6.07) is 0. The maximum absolute atomic E-state index is 4.64. The summed E-state index contributed by atoms with van der Waals surface area (Å²) in [6.45, 7) is 10.9. The highest BCUT2D eigenvalue weighted by atomic mass is 32.1. The van der Waals surface area contributed by atoms with Gasteiger partial charge in [-0.2, -0.15) is 0 Å². The van der Waals surface area contributed by atoms with E-state index in [0.717, 1.165) is 29.7 Å². The van der Waals surface area contributed by atoms with E-state index < -0.39 is 0 Å². The molecule has 0 aliphatic heterocycles. The molecule has 0 amide bonds. The van der Waals surface area contributed by atoms with Gasteiger partial charge in [-0.15, -0.1) is 11.3 Å². The quantitative estimate of drug-likeness (QED) is 0.785. The molecular formula is C16H27N3S. The number of imidazole rings is 1. The van der Waals surface area contributed by atoms with Crippen molar-refractivity contribution >= 4 is 16.3 Å². The number of aryl methyl sites for hydroxylation is 2. The lowest BCUT2D eigenvalue weighted by Crippen LogP contribution is -2.23. The van der Waals surface area contributed by atoms with Crippen molar-refractivity contribution in [1.82, 2.24) is 14.7 Å². The molecule has 0 bridgehead atoms. The Morgan fingerprint density at radius 1 is 1.35 bits per heavy atom. The molecular weight excluding hydrogens is 266 g/mol. The molecule has 2 heterocycles. The number of aromatic nitrogens is 2. The van der Waals surface area contributed by atoms with Gasteiger partial charge in [-0.05, 0) is 32.7 Å². The molecule has 20 heavy (non-hydrogen) atoms. The molecule has 0 aliphatic carbocycles. The second kappa shape index (κ2) is 7.23. The second-order valence-electron chi connectivity index (χ2n) is 5.69. The maximum atomic E-state index is 4.64. The van der Waals surface area contributed by atoms with E-state index in [4.69, 9.17) is 0 Å². The summed E-state index contributed by atoms with van der Waals surface area (Å²) >= 11 is 1.73. The summed E-state index contributed by atoms with van der Waals surface area (Å²) < 4.78 is 2.29. The van der Waals surface area contributed by atoms with Crippen LogP contribution in [-0.2, 0) is 6.54 Å². The van der Waals surface area contributed by atoms with Crippen LogP contribution in [0.15, 0.2) is 5.38 Å². The number of rotatable bonds is 8. The van der Waals surface area contributed by atoms with Crippen LogP contribution < -0.4 is 5.32 Å². The van der Waals surface area contributed by atoms with Crippen LogP contribution in [0.25, 0.3) is 4.96 Å². The first-order chi connectivity index (χ1) is 9.67. The van der Waals surface area contributed by atoms with Crippen LogP contribution in [-0.4, -0.2) is 15.9 Å². The monoisotopic (exact) mass is 293 g/mol. The second-order valence-corrected chi connectivity index (χ2v) is 6.52. The first-order valence-electron chi connectivity index (χ1n) is 7.80. The summed E-state index contributed by atoms with van der Waals surface area (Å²) in [6.07, 6.45) is 5.26. The van der Waals surface area contributed by atoms with E-state index in [1.54, 1.807) is 11.3 Å². The minimum absolute atomic E-state index is 0.808. The topological polar surface area (TPSA) is 29.3 Å². The highest BCUT2D eigenvalue weighted by molar-refractivity contribution is 7.15. The molecule has 0 saturated carbocycles. The number of fused-ring (bicyclic) bond motifs is 1. The van der Waals surface area contributed by atoms with Gasteiger partial charge in [-0.25, -0.2) is 4.98 Å². The summed E-state index contributed by atoms with van der Waals surface area (Å²) in [5, 5.41) is 5.82. The molecule has 0 spiro atoms. The number of nitrogens with zero attached hydrogens (tertiary/aromatic N) is 2. The zero-order chi connectivity index (χ0) is 14.5. The van der Waals surface area contributed by atoms with Crippen molar-refractivity contribution < 1.29 is 0 Å². The Bertz CT molecular complexity index is 541. The van der Waals surface area contributed by atoms with Gasteiger partial charge in [-0.1, -0.05) is 33.1 Å². The van der Waals surface area contributed by atoms with E-state index in [0.29, 0.717) is 0 Å². The van der Waals surface area contributed by atoms with Crippen LogP contribution in [0.4, 0.5) is 0 Å². The number of nitrogens with one attached hydrogen (secondary N) is 1. The highest BCUT2D eigenvalue weighted by Crippen LogP contribution is 2.20. The Balaban J connectivity index is 1.95. The number of hydrogen-bond acceptors (Lipinski definition) is 3. The lowest BCUT2D eigenvalue weighted by atomic mass is 9.99. The van der Waals surface area contributed by atoms with Gasteiger partial charge in [-0.3, -0.25) is 4.40 Å². The standard InChI is InChI=1S/C16H27N3S/c1-5-7-8-14(6-2)9-17-10-15-13(4)18-16-19(15)12(3)11-20-16/h11,14,17H,5-10H2,1-4H3.